The van der Waals surface area contributed by atoms with Gasteiger partial charge in [0.2, 0.25) is 5.91 Å². The van der Waals surface area contributed by atoms with Crippen molar-refractivity contribution in [2.45, 2.75) is 13.0 Å². The highest BCUT2D eigenvalue weighted by Crippen LogP contribution is 2.22. The molecule has 0 fully saturated rings. The summed E-state index contributed by atoms with van der Waals surface area (Å²) in [5, 5.41) is 5.76. The van der Waals surface area contributed by atoms with Crippen molar-refractivity contribution in [3.63, 3.8) is 0 Å². The van der Waals surface area contributed by atoms with Gasteiger partial charge in [0.05, 0.1) is 28.9 Å². The Labute approximate surface area is 145 Å². The van der Waals surface area contributed by atoms with Crippen LogP contribution >= 0.6 is 11.6 Å². The van der Waals surface area contributed by atoms with Crippen LogP contribution in [-0.4, -0.2) is 30.5 Å². The molecule has 1 atom stereocenters. The van der Waals surface area contributed by atoms with Gasteiger partial charge in [0.15, 0.2) is 0 Å². The van der Waals surface area contributed by atoms with Gasteiger partial charge in [-0.3, -0.25) is 14.6 Å². The minimum Gasteiger partial charge on any atom is -0.382 e. The number of anilines is 1. The molecule has 7 heteroatoms. The van der Waals surface area contributed by atoms with Crippen molar-refractivity contribution in [1.82, 2.24) is 10.3 Å². The van der Waals surface area contributed by atoms with Crippen LogP contribution in [-0.2, 0) is 9.53 Å². The van der Waals surface area contributed by atoms with Crippen LogP contribution in [0.2, 0.25) is 5.02 Å². The van der Waals surface area contributed by atoms with Crippen LogP contribution in [0.25, 0.3) is 0 Å². The third-order valence-corrected chi connectivity index (χ3v) is 3.54. The molecule has 0 aliphatic heterocycles. The molecule has 1 aromatic heterocycles. The summed E-state index contributed by atoms with van der Waals surface area (Å²) in [5.41, 5.74) is 1.44. The SMILES string of the molecule is COCC(NC(=O)c1cc(NC(C)=O)ccc1Cl)c1ccccn1. The monoisotopic (exact) mass is 347 g/mol. The van der Waals surface area contributed by atoms with Crippen LogP contribution < -0.4 is 10.6 Å². The van der Waals surface area contributed by atoms with Gasteiger partial charge in [0, 0.05) is 25.9 Å². The van der Waals surface area contributed by atoms with Crippen molar-refractivity contribution in [2.24, 2.45) is 0 Å². The van der Waals surface area contributed by atoms with Crippen LogP contribution in [0.4, 0.5) is 5.69 Å². The number of nitrogens with zero attached hydrogens (tertiary/aromatic N) is 1. The maximum atomic E-state index is 12.6. The highest BCUT2D eigenvalue weighted by Gasteiger charge is 2.19. The quantitative estimate of drug-likeness (QED) is 0.842. The third-order valence-electron chi connectivity index (χ3n) is 3.21. The standard InChI is InChI=1S/C17H18ClN3O3/c1-11(22)20-12-6-7-14(18)13(9-12)17(23)21-16(10-24-2)15-5-3-4-8-19-15/h3-9,16H,10H2,1-2H3,(H,20,22)(H,21,23). The van der Waals surface area contributed by atoms with Gasteiger partial charge in [-0.05, 0) is 30.3 Å². The zero-order valence-corrected chi connectivity index (χ0v) is 14.1. The molecule has 2 rings (SSSR count). The second kappa shape index (κ2) is 8.42. The van der Waals surface area contributed by atoms with Crippen molar-refractivity contribution >= 4 is 29.1 Å². The number of aromatic nitrogens is 1. The van der Waals surface area contributed by atoms with Crippen molar-refractivity contribution in [2.75, 3.05) is 19.0 Å². The van der Waals surface area contributed by atoms with E-state index in [2.05, 4.69) is 15.6 Å². The van der Waals surface area contributed by atoms with E-state index in [0.29, 0.717) is 16.4 Å². The fourth-order valence-electron chi connectivity index (χ4n) is 2.17. The molecule has 2 amide bonds. The van der Waals surface area contributed by atoms with Gasteiger partial charge in [-0.25, -0.2) is 0 Å². The van der Waals surface area contributed by atoms with Gasteiger partial charge < -0.3 is 15.4 Å². The number of hydrogen-bond donors (Lipinski definition) is 2. The lowest BCUT2D eigenvalue weighted by molar-refractivity contribution is -0.114. The third kappa shape index (κ3) is 4.78. The van der Waals surface area contributed by atoms with Gasteiger partial charge in [-0.2, -0.15) is 0 Å². The lowest BCUT2D eigenvalue weighted by atomic mass is 10.1. The van der Waals surface area contributed by atoms with Crippen LogP contribution in [0, 0.1) is 0 Å². The molecule has 0 bridgehead atoms. The number of nitrogens with one attached hydrogen (secondary N) is 2. The molecule has 0 spiro atoms. The summed E-state index contributed by atoms with van der Waals surface area (Å²) in [6.07, 6.45) is 1.65. The van der Waals surface area contributed by atoms with Crippen LogP contribution in [0.15, 0.2) is 42.6 Å². The first-order valence-electron chi connectivity index (χ1n) is 7.29. The molecule has 0 aliphatic carbocycles. The molecular formula is C17H18ClN3O3. The van der Waals surface area contributed by atoms with Gasteiger partial charge in [0.25, 0.3) is 5.91 Å². The van der Waals surface area contributed by atoms with Gasteiger partial charge in [-0.15, -0.1) is 0 Å². The summed E-state index contributed by atoms with van der Waals surface area (Å²) in [6, 6.07) is 9.74. The number of ether oxygens (including phenoxy) is 1. The second-order valence-electron chi connectivity index (χ2n) is 5.11. The van der Waals surface area contributed by atoms with E-state index in [-0.39, 0.29) is 24.0 Å². The van der Waals surface area contributed by atoms with Gasteiger partial charge in [0.1, 0.15) is 0 Å². The molecule has 6 nitrogen and oxygen atoms in total. The first-order valence-corrected chi connectivity index (χ1v) is 7.67. The highest BCUT2D eigenvalue weighted by molar-refractivity contribution is 6.34. The number of hydrogen-bond acceptors (Lipinski definition) is 4. The number of carbonyl (C=O) groups excluding carboxylic acids is 2. The molecule has 0 aliphatic rings. The Kier molecular flexibility index (Phi) is 6.28. The summed E-state index contributed by atoms with van der Waals surface area (Å²) in [6.45, 7) is 1.66. The predicted molar refractivity (Wildman–Crippen MR) is 92.1 cm³/mol. The Morgan fingerprint density at radius 3 is 2.71 bits per heavy atom. The molecule has 1 heterocycles. The van der Waals surface area contributed by atoms with E-state index in [0.717, 1.165) is 0 Å². The molecule has 0 saturated carbocycles. The first kappa shape index (κ1) is 17.9. The Morgan fingerprint density at radius 1 is 1.29 bits per heavy atom. The topological polar surface area (TPSA) is 80.3 Å². The maximum Gasteiger partial charge on any atom is 0.253 e. The van der Waals surface area contributed by atoms with Crippen LogP contribution in [0.3, 0.4) is 0 Å². The van der Waals surface area contributed by atoms with Gasteiger partial charge in [-0.1, -0.05) is 17.7 Å². The van der Waals surface area contributed by atoms with Gasteiger partial charge >= 0.3 is 0 Å². The summed E-state index contributed by atoms with van der Waals surface area (Å²) in [4.78, 5) is 28.0. The molecule has 2 N–H and O–H groups in total. The molecule has 1 unspecified atom stereocenters. The normalized spacial score (nSPS) is 11.6. The number of carbonyl (C=O) groups is 2. The minimum absolute atomic E-state index is 0.227. The van der Waals surface area contributed by atoms with E-state index in [1.54, 1.807) is 37.6 Å². The molecule has 0 radical (unpaired) electrons. The number of benzene rings is 1. The highest BCUT2D eigenvalue weighted by atomic mass is 35.5. The molecule has 1 aromatic carbocycles. The Hall–Kier alpha value is -2.44. The zero-order chi connectivity index (χ0) is 17.5. The van der Waals surface area contributed by atoms with Crippen molar-refractivity contribution in [1.29, 1.82) is 0 Å². The van der Waals surface area contributed by atoms with E-state index >= 15 is 0 Å². The lowest BCUT2D eigenvalue weighted by Crippen LogP contribution is -2.32. The Morgan fingerprint density at radius 2 is 2.08 bits per heavy atom. The number of halogens is 1. The van der Waals surface area contributed by atoms with E-state index in [4.69, 9.17) is 16.3 Å². The number of rotatable bonds is 6. The number of pyridine rings is 1. The average molecular weight is 348 g/mol. The van der Waals surface area contributed by atoms with Crippen LogP contribution in [0.1, 0.15) is 29.0 Å². The zero-order valence-electron chi connectivity index (χ0n) is 13.4. The number of amides is 2. The molecular weight excluding hydrogens is 330 g/mol. The fourth-order valence-corrected chi connectivity index (χ4v) is 2.37. The lowest BCUT2D eigenvalue weighted by Gasteiger charge is -2.18. The largest absolute Gasteiger partial charge is 0.382 e. The minimum atomic E-state index is -0.413. The van der Waals surface area contributed by atoms with E-state index in [1.807, 2.05) is 6.07 Å². The molecule has 0 saturated heterocycles. The smallest absolute Gasteiger partial charge is 0.253 e. The van der Waals surface area contributed by atoms with Crippen LogP contribution in [0.5, 0.6) is 0 Å². The second-order valence-corrected chi connectivity index (χ2v) is 5.52. The maximum absolute atomic E-state index is 12.6. The first-order chi connectivity index (χ1) is 11.5. The summed E-state index contributed by atoms with van der Waals surface area (Å²) in [5.74, 6) is -0.602. The fraction of sp³-hybridized carbons (Fsp3) is 0.235. The molecule has 2 aromatic rings. The summed E-state index contributed by atoms with van der Waals surface area (Å²) < 4.78 is 5.16. The number of methoxy groups -OCH3 is 1. The Bertz CT molecular complexity index is 722. The summed E-state index contributed by atoms with van der Waals surface area (Å²) in [7, 11) is 1.55. The molecule has 24 heavy (non-hydrogen) atoms. The van der Waals surface area contributed by atoms with E-state index < -0.39 is 6.04 Å². The Balaban J connectivity index is 2.22. The molecule has 126 valence electrons. The van der Waals surface area contributed by atoms with Crippen molar-refractivity contribution in [3.05, 3.63) is 58.9 Å². The van der Waals surface area contributed by atoms with Crippen molar-refractivity contribution < 1.29 is 14.3 Å². The van der Waals surface area contributed by atoms with E-state index in [1.165, 1.54) is 13.0 Å². The summed E-state index contributed by atoms with van der Waals surface area (Å²) >= 11 is 6.11. The predicted octanol–water partition coefficient (Wildman–Crippen LogP) is 2.81. The average Bonchev–Trinajstić information content (AvgIpc) is 2.56. The van der Waals surface area contributed by atoms with E-state index in [9.17, 15) is 9.59 Å². The van der Waals surface area contributed by atoms with Crippen molar-refractivity contribution in [3.8, 4) is 0 Å².